The first-order chi connectivity index (χ1) is 7.78. The average Bonchev–Trinajstić information content (AvgIpc) is 2.29. The molecule has 0 unspecified atom stereocenters. The van der Waals surface area contributed by atoms with Crippen LogP contribution in [-0.4, -0.2) is 36.1 Å². The van der Waals surface area contributed by atoms with Crippen molar-refractivity contribution in [1.29, 1.82) is 0 Å². The first-order valence-corrected chi connectivity index (χ1v) is 6.29. The van der Waals surface area contributed by atoms with E-state index in [0.29, 0.717) is 5.88 Å². The Balaban J connectivity index is 1.94. The third kappa shape index (κ3) is 3.21. The maximum Gasteiger partial charge on any atom is 0.0841 e. The van der Waals surface area contributed by atoms with E-state index in [9.17, 15) is 0 Å². The van der Waals surface area contributed by atoms with Crippen molar-refractivity contribution < 1.29 is 4.74 Å². The fraction of sp³-hybridized carbons (Fsp3) is 0.538. The number of ether oxygens (including phenoxy) is 1. The van der Waals surface area contributed by atoms with Crippen LogP contribution in [0.3, 0.4) is 0 Å². The summed E-state index contributed by atoms with van der Waals surface area (Å²) in [7, 11) is 0. The summed E-state index contributed by atoms with van der Waals surface area (Å²) >= 11 is 5.86. The quantitative estimate of drug-likeness (QED) is 0.752. The Morgan fingerprint density at radius 2 is 2.06 bits per heavy atom. The Morgan fingerprint density at radius 3 is 2.75 bits per heavy atom. The predicted octanol–water partition coefficient (Wildman–Crippen LogP) is 2.51. The van der Waals surface area contributed by atoms with Crippen LogP contribution in [0.25, 0.3) is 0 Å². The van der Waals surface area contributed by atoms with Crippen molar-refractivity contribution in [2.45, 2.75) is 25.7 Å². The highest BCUT2D eigenvalue weighted by Gasteiger charge is 2.24. The number of hydrogen-bond acceptors (Lipinski definition) is 2. The average molecular weight is 240 g/mol. The van der Waals surface area contributed by atoms with Crippen molar-refractivity contribution in [2.75, 3.05) is 19.0 Å². The van der Waals surface area contributed by atoms with E-state index in [1.165, 1.54) is 5.56 Å². The summed E-state index contributed by atoms with van der Waals surface area (Å²) < 4.78 is 5.73. The van der Waals surface area contributed by atoms with Crippen LogP contribution in [-0.2, 0) is 11.3 Å². The van der Waals surface area contributed by atoms with Crippen LogP contribution in [0.1, 0.15) is 12.5 Å². The molecule has 1 aromatic rings. The van der Waals surface area contributed by atoms with E-state index in [-0.39, 0.29) is 12.2 Å². The van der Waals surface area contributed by atoms with E-state index in [1.807, 2.05) is 6.07 Å². The molecule has 0 aliphatic carbocycles. The number of nitrogens with zero attached hydrogens (tertiary/aromatic N) is 1. The van der Waals surface area contributed by atoms with Gasteiger partial charge in [-0.25, -0.2) is 0 Å². The van der Waals surface area contributed by atoms with E-state index in [4.69, 9.17) is 16.3 Å². The van der Waals surface area contributed by atoms with Crippen molar-refractivity contribution in [3.05, 3.63) is 35.9 Å². The largest absolute Gasteiger partial charge is 0.371 e. The number of rotatable bonds is 3. The van der Waals surface area contributed by atoms with E-state index < -0.39 is 0 Å². The molecule has 0 spiro atoms. The minimum absolute atomic E-state index is 0.175. The number of alkyl halides is 1. The summed E-state index contributed by atoms with van der Waals surface area (Å²) in [5.41, 5.74) is 1.35. The normalized spacial score (nSPS) is 26.9. The van der Waals surface area contributed by atoms with Gasteiger partial charge < -0.3 is 4.74 Å². The summed E-state index contributed by atoms with van der Waals surface area (Å²) in [6, 6.07) is 10.5. The van der Waals surface area contributed by atoms with Crippen molar-refractivity contribution in [3.8, 4) is 0 Å². The second-order valence-corrected chi connectivity index (χ2v) is 4.71. The van der Waals surface area contributed by atoms with Crippen LogP contribution in [0.4, 0.5) is 0 Å². The van der Waals surface area contributed by atoms with Crippen LogP contribution in [0.5, 0.6) is 0 Å². The molecule has 2 nitrogen and oxygen atoms in total. The third-order valence-electron chi connectivity index (χ3n) is 2.82. The topological polar surface area (TPSA) is 12.5 Å². The Labute approximate surface area is 102 Å². The van der Waals surface area contributed by atoms with Crippen molar-refractivity contribution >= 4 is 11.6 Å². The predicted molar refractivity (Wildman–Crippen MR) is 66.8 cm³/mol. The van der Waals surface area contributed by atoms with E-state index in [2.05, 4.69) is 36.1 Å². The lowest BCUT2D eigenvalue weighted by Crippen LogP contribution is -2.46. The SMILES string of the molecule is C[C@@H]1CN(Cc2ccccc2)C[C@H](CCl)O1. The van der Waals surface area contributed by atoms with Crippen LogP contribution in [0.2, 0.25) is 0 Å². The molecule has 1 fully saturated rings. The zero-order valence-electron chi connectivity index (χ0n) is 9.60. The first-order valence-electron chi connectivity index (χ1n) is 5.75. The van der Waals surface area contributed by atoms with Gasteiger partial charge in [-0.1, -0.05) is 30.3 Å². The Hall–Kier alpha value is -0.570. The van der Waals surface area contributed by atoms with Gasteiger partial charge in [-0.3, -0.25) is 4.90 Å². The van der Waals surface area contributed by atoms with Gasteiger partial charge in [0, 0.05) is 25.5 Å². The lowest BCUT2D eigenvalue weighted by Gasteiger charge is -2.36. The van der Waals surface area contributed by atoms with Gasteiger partial charge in [0.05, 0.1) is 12.2 Å². The molecule has 3 heteroatoms. The molecule has 1 aliphatic heterocycles. The van der Waals surface area contributed by atoms with Crippen LogP contribution in [0, 0.1) is 0 Å². The molecule has 0 amide bonds. The minimum atomic E-state index is 0.175. The van der Waals surface area contributed by atoms with Crippen LogP contribution in [0.15, 0.2) is 30.3 Å². The summed E-state index contributed by atoms with van der Waals surface area (Å²) in [6.07, 6.45) is 0.454. The summed E-state index contributed by atoms with van der Waals surface area (Å²) in [5.74, 6) is 0.579. The van der Waals surface area contributed by atoms with Gasteiger partial charge in [-0.15, -0.1) is 11.6 Å². The molecular formula is C13H18ClNO. The molecule has 0 aromatic heterocycles. The molecule has 88 valence electrons. The van der Waals surface area contributed by atoms with Gasteiger partial charge in [0.15, 0.2) is 0 Å². The number of morpholine rings is 1. The van der Waals surface area contributed by atoms with Gasteiger partial charge in [0.25, 0.3) is 0 Å². The molecule has 1 saturated heterocycles. The molecular weight excluding hydrogens is 222 g/mol. The van der Waals surface area contributed by atoms with E-state index >= 15 is 0 Å². The van der Waals surface area contributed by atoms with E-state index in [0.717, 1.165) is 19.6 Å². The maximum absolute atomic E-state index is 5.86. The molecule has 0 N–H and O–H groups in total. The molecule has 0 saturated carbocycles. The van der Waals surface area contributed by atoms with E-state index in [1.54, 1.807) is 0 Å². The lowest BCUT2D eigenvalue weighted by molar-refractivity contribution is -0.0688. The fourth-order valence-electron chi connectivity index (χ4n) is 2.20. The van der Waals surface area contributed by atoms with Crippen molar-refractivity contribution in [2.24, 2.45) is 0 Å². The highest BCUT2D eigenvalue weighted by Crippen LogP contribution is 2.15. The molecule has 0 bridgehead atoms. The molecule has 1 aromatic carbocycles. The van der Waals surface area contributed by atoms with Crippen molar-refractivity contribution in [1.82, 2.24) is 4.90 Å². The monoisotopic (exact) mass is 239 g/mol. The van der Waals surface area contributed by atoms with Gasteiger partial charge >= 0.3 is 0 Å². The highest BCUT2D eigenvalue weighted by molar-refractivity contribution is 6.18. The smallest absolute Gasteiger partial charge is 0.0841 e. The second-order valence-electron chi connectivity index (χ2n) is 4.40. The fourth-order valence-corrected chi connectivity index (χ4v) is 2.37. The standard InChI is InChI=1S/C13H18ClNO/c1-11-8-15(10-13(7-14)16-11)9-12-5-3-2-4-6-12/h2-6,11,13H,7-10H2,1H3/t11-,13+/m1/s1. The summed E-state index contributed by atoms with van der Waals surface area (Å²) in [6.45, 7) is 5.02. The van der Waals surface area contributed by atoms with Crippen LogP contribution >= 0.6 is 11.6 Å². The van der Waals surface area contributed by atoms with Crippen LogP contribution < -0.4 is 0 Å². The third-order valence-corrected chi connectivity index (χ3v) is 3.17. The Bertz CT molecular complexity index is 317. The molecule has 2 atom stereocenters. The summed E-state index contributed by atoms with van der Waals surface area (Å²) in [5, 5.41) is 0. The summed E-state index contributed by atoms with van der Waals surface area (Å²) in [4.78, 5) is 2.41. The van der Waals surface area contributed by atoms with Gasteiger partial charge in [-0.2, -0.15) is 0 Å². The van der Waals surface area contributed by atoms with Crippen molar-refractivity contribution in [3.63, 3.8) is 0 Å². The maximum atomic E-state index is 5.86. The Morgan fingerprint density at radius 1 is 1.31 bits per heavy atom. The molecule has 0 radical (unpaired) electrons. The van der Waals surface area contributed by atoms with Gasteiger partial charge in [0.1, 0.15) is 0 Å². The zero-order valence-corrected chi connectivity index (χ0v) is 10.4. The molecule has 1 aliphatic rings. The number of benzene rings is 1. The zero-order chi connectivity index (χ0) is 11.4. The lowest BCUT2D eigenvalue weighted by atomic mass is 10.1. The van der Waals surface area contributed by atoms with Gasteiger partial charge in [-0.05, 0) is 12.5 Å². The molecule has 1 heterocycles. The number of halogens is 1. The highest BCUT2D eigenvalue weighted by atomic mass is 35.5. The first kappa shape index (κ1) is 11.9. The molecule has 16 heavy (non-hydrogen) atoms. The minimum Gasteiger partial charge on any atom is -0.371 e. The Kier molecular flexibility index (Phi) is 4.22. The van der Waals surface area contributed by atoms with Gasteiger partial charge in [0.2, 0.25) is 0 Å². The molecule has 2 rings (SSSR count). The second kappa shape index (κ2) is 5.67. The number of hydrogen-bond donors (Lipinski definition) is 0.